The van der Waals surface area contributed by atoms with Gasteiger partial charge in [-0.3, -0.25) is 14.9 Å². The van der Waals surface area contributed by atoms with E-state index in [1.54, 1.807) is 16.7 Å². The number of hydrogen-bond donors (Lipinski definition) is 2. The molecular formula is C13H18N2O5S. The Morgan fingerprint density at radius 2 is 1.71 bits per heavy atom. The first-order valence-corrected chi connectivity index (χ1v) is 8.29. The minimum absolute atomic E-state index is 0.374. The van der Waals surface area contributed by atoms with Crippen LogP contribution in [0.5, 0.6) is 0 Å². The second-order valence-corrected chi connectivity index (χ2v) is 6.80. The summed E-state index contributed by atoms with van der Waals surface area (Å²) >= 11 is 1.77. The molecule has 2 unspecified atom stereocenters. The Hall–Kier alpha value is -1.28. The second-order valence-electron chi connectivity index (χ2n) is 5.57. The average molecular weight is 314 g/mol. The van der Waals surface area contributed by atoms with Crippen LogP contribution < -0.4 is 5.32 Å². The molecule has 3 aliphatic rings. The van der Waals surface area contributed by atoms with Crippen LogP contribution in [0.25, 0.3) is 0 Å². The molecule has 21 heavy (non-hydrogen) atoms. The highest BCUT2D eigenvalue weighted by molar-refractivity contribution is 7.99. The molecule has 3 rings (SSSR count). The minimum atomic E-state index is -1.02. The third-order valence-electron chi connectivity index (χ3n) is 4.39. The Bertz CT molecular complexity index is 465. The number of rotatable bonds is 2. The lowest BCUT2D eigenvalue weighted by molar-refractivity contribution is -0.147. The Labute approximate surface area is 126 Å². The van der Waals surface area contributed by atoms with E-state index in [0.29, 0.717) is 25.9 Å². The number of hydrogen-bond acceptors (Lipinski definition) is 5. The molecule has 3 aliphatic heterocycles. The number of fused-ring (bicyclic) bond motifs is 2. The SMILES string of the molecule is O=C(O)C1C(C(=O)NC(=O)N2CCSCC2)[C@H]2CC[C@@H]1O2. The fourth-order valence-electron chi connectivity index (χ4n) is 3.36. The summed E-state index contributed by atoms with van der Waals surface area (Å²) in [6, 6.07) is -0.424. The number of thioether (sulfide) groups is 1. The monoisotopic (exact) mass is 314 g/mol. The number of imide groups is 1. The molecule has 0 aliphatic carbocycles. The van der Waals surface area contributed by atoms with Crippen molar-refractivity contribution < 1.29 is 24.2 Å². The fourth-order valence-corrected chi connectivity index (χ4v) is 4.26. The maximum atomic E-state index is 12.3. The van der Waals surface area contributed by atoms with Crippen molar-refractivity contribution in [3.8, 4) is 0 Å². The summed E-state index contributed by atoms with van der Waals surface area (Å²) in [7, 11) is 0. The van der Waals surface area contributed by atoms with Gasteiger partial charge in [0.05, 0.1) is 24.0 Å². The largest absolute Gasteiger partial charge is 0.481 e. The van der Waals surface area contributed by atoms with Crippen molar-refractivity contribution in [2.24, 2.45) is 11.8 Å². The predicted molar refractivity (Wildman–Crippen MR) is 74.9 cm³/mol. The van der Waals surface area contributed by atoms with E-state index in [1.165, 1.54) is 0 Å². The van der Waals surface area contributed by atoms with Gasteiger partial charge in [0.2, 0.25) is 5.91 Å². The molecule has 2 bridgehead atoms. The van der Waals surface area contributed by atoms with Crippen LogP contribution in [0.1, 0.15) is 12.8 Å². The van der Waals surface area contributed by atoms with Gasteiger partial charge in [0.1, 0.15) is 0 Å². The zero-order valence-electron chi connectivity index (χ0n) is 11.5. The quantitative estimate of drug-likeness (QED) is 0.753. The van der Waals surface area contributed by atoms with Gasteiger partial charge in [-0.15, -0.1) is 0 Å². The van der Waals surface area contributed by atoms with Gasteiger partial charge in [0, 0.05) is 24.6 Å². The van der Waals surface area contributed by atoms with Crippen LogP contribution in [0.15, 0.2) is 0 Å². The summed E-state index contributed by atoms with van der Waals surface area (Å²) in [5, 5.41) is 11.6. The number of nitrogens with zero attached hydrogens (tertiary/aromatic N) is 1. The van der Waals surface area contributed by atoms with Gasteiger partial charge in [-0.05, 0) is 12.8 Å². The molecule has 0 aromatic rings. The Balaban J connectivity index is 1.64. The lowest BCUT2D eigenvalue weighted by Crippen LogP contribution is -2.51. The van der Waals surface area contributed by atoms with Gasteiger partial charge in [0.25, 0.3) is 0 Å². The van der Waals surface area contributed by atoms with E-state index in [4.69, 9.17) is 4.74 Å². The molecule has 0 aromatic carbocycles. The van der Waals surface area contributed by atoms with Crippen LogP contribution >= 0.6 is 11.8 Å². The number of amides is 3. The average Bonchev–Trinajstić information content (AvgIpc) is 3.08. The predicted octanol–water partition coefficient (Wildman–Crippen LogP) is 0.150. The first kappa shape index (κ1) is 14.6. The van der Waals surface area contributed by atoms with Gasteiger partial charge < -0.3 is 14.7 Å². The number of carboxylic acid groups (broad SMARTS) is 1. The number of carbonyl (C=O) groups excluding carboxylic acids is 2. The smallest absolute Gasteiger partial charge is 0.324 e. The zero-order chi connectivity index (χ0) is 15.0. The first-order valence-electron chi connectivity index (χ1n) is 7.13. The maximum absolute atomic E-state index is 12.3. The number of carbonyl (C=O) groups is 3. The lowest BCUT2D eigenvalue weighted by Gasteiger charge is -2.28. The number of ether oxygens (including phenoxy) is 1. The molecule has 2 N–H and O–H groups in total. The lowest BCUT2D eigenvalue weighted by atomic mass is 9.79. The molecule has 0 saturated carbocycles. The summed E-state index contributed by atoms with van der Waals surface area (Å²) in [5.41, 5.74) is 0. The van der Waals surface area contributed by atoms with E-state index in [-0.39, 0.29) is 6.10 Å². The topological polar surface area (TPSA) is 95.9 Å². The van der Waals surface area contributed by atoms with E-state index in [9.17, 15) is 19.5 Å². The van der Waals surface area contributed by atoms with Gasteiger partial charge in [-0.25, -0.2) is 4.79 Å². The van der Waals surface area contributed by atoms with E-state index in [1.807, 2.05) is 0 Å². The molecule has 7 nitrogen and oxygen atoms in total. The fraction of sp³-hybridized carbons (Fsp3) is 0.769. The van der Waals surface area contributed by atoms with Crippen LogP contribution in [-0.2, 0) is 14.3 Å². The van der Waals surface area contributed by atoms with Crippen molar-refractivity contribution in [1.82, 2.24) is 10.2 Å². The highest BCUT2D eigenvalue weighted by Crippen LogP contribution is 2.43. The van der Waals surface area contributed by atoms with E-state index < -0.39 is 35.8 Å². The van der Waals surface area contributed by atoms with Crippen LogP contribution in [0.3, 0.4) is 0 Å². The van der Waals surface area contributed by atoms with Crippen molar-refractivity contribution in [2.45, 2.75) is 25.0 Å². The molecule has 0 aromatic heterocycles. The van der Waals surface area contributed by atoms with Crippen LogP contribution in [0.2, 0.25) is 0 Å². The summed E-state index contributed by atoms with van der Waals surface area (Å²) in [6.45, 7) is 1.22. The molecule has 3 amide bonds. The highest BCUT2D eigenvalue weighted by atomic mass is 32.2. The Morgan fingerprint density at radius 3 is 2.33 bits per heavy atom. The standard InChI is InChI=1S/C13H18N2O5S/c16-11(14-13(19)15-3-5-21-6-4-15)9-7-1-2-8(20-7)10(9)12(17)18/h7-10H,1-6H2,(H,17,18)(H,14,16,19)/t7-,8+,9?,10?/m1/s1. The van der Waals surface area contributed by atoms with Gasteiger partial charge >= 0.3 is 12.0 Å². The molecule has 3 heterocycles. The third-order valence-corrected chi connectivity index (χ3v) is 5.33. The van der Waals surface area contributed by atoms with Crippen molar-refractivity contribution in [3.63, 3.8) is 0 Å². The van der Waals surface area contributed by atoms with Crippen molar-refractivity contribution in [3.05, 3.63) is 0 Å². The second kappa shape index (κ2) is 5.84. The maximum Gasteiger partial charge on any atom is 0.324 e. The van der Waals surface area contributed by atoms with E-state index in [0.717, 1.165) is 11.5 Å². The highest BCUT2D eigenvalue weighted by Gasteiger charge is 2.55. The zero-order valence-corrected chi connectivity index (χ0v) is 12.3. The first-order chi connectivity index (χ1) is 10.1. The third kappa shape index (κ3) is 2.74. The molecule has 4 atom stereocenters. The molecule has 3 saturated heterocycles. The van der Waals surface area contributed by atoms with E-state index >= 15 is 0 Å². The molecule has 116 valence electrons. The van der Waals surface area contributed by atoms with Gasteiger partial charge in [-0.1, -0.05) is 0 Å². The molecular weight excluding hydrogens is 296 g/mol. The van der Waals surface area contributed by atoms with Crippen LogP contribution in [0, 0.1) is 11.8 Å². The van der Waals surface area contributed by atoms with Crippen molar-refractivity contribution in [2.75, 3.05) is 24.6 Å². The van der Waals surface area contributed by atoms with Gasteiger partial charge in [0.15, 0.2) is 0 Å². The van der Waals surface area contributed by atoms with Crippen molar-refractivity contribution in [1.29, 1.82) is 0 Å². The normalized spacial score (nSPS) is 34.8. The summed E-state index contributed by atoms with van der Waals surface area (Å²) < 4.78 is 5.54. The number of urea groups is 1. The molecule has 3 fully saturated rings. The Morgan fingerprint density at radius 1 is 1.10 bits per heavy atom. The van der Waals surface area contributed by atoms with Crippen LogP contribution in [0.4, 0.5) is 4.79 Å². The number of carboxylic acids is 1. The molecule has 0 radical (unpaired) electrons. The van der Waals surface area contributed by atoms with Gasteiger partial charge in [-0.2, -0.15) is 11.8 Å². The summed E-state index contributed by atoms with van der Waals surface area (Å²) in [5.74, 6) is -1.42. The van der Waals surface area contributed by atoms with Crippen LogP contribution in [-0.4, -0.2) is 64.7 Å². The molecule has 8 heteroatoms. The number of nitrogens with one attached hydrogen (secondary N) is 1. The summed E-state index contributed by atoms with van der Waals surface area (Å²) in [4.78, 5) is 37.3. The molecule has 0 spiro atoms. The number of aliphatic carboxylic acids is 1. The van der Waals surface area contributed by atoms with E-state index in [2.05, 4.69) is 5.32 Å². The summed E-state index contributed by atoms with van der Waals surface area (Å²) in [6.07, 6.45) is 0.578. The Kier molecular flexibility index (Phi) is 4.08. The van der Waals surface area contributed by atoms with Crippen molar-refractivity contribution >= 4 is 29.7 Å². The minimum Gasteiger partial charge on any atom is -0.481 e.